The molecule has 0 saturated carbocycles. The van der Waals surface area contributed by atoms with Crippen molar-refractivity contribution in [3.05, 3.63) is 76.6 Å². The summed E-state index contributed by atoms with van der Waals surface area (Å²) in [5.74, 6) is -0.848. The van der Waals surface area contributed by atoms with E-state index in [1.165, 1.54) is 18.3 Å². The zero-order valence-electron chi connectivity index (χ0n) is 17.2. The molecule has 0 aliphatic heterocycles. The van der Waals surface area contributed by atoms with Crippen molar-refractivity contribution in [2.75, 3.05) is 6.54 Å². The van der Waals surface area contributed by atoms with Gasteiger partial charge in [0.05, 0.1) is 29.2 Å². The second-order valence-electron chi connectivity index (χ2n) is 7.33. The normalized spacial score (nSPS) is 12.6. The molecule has 2 aromatic carbocycles. The number of aliphatic hydroxyl groups is 1. The summed E-state index contributed by atoms with van der Waals surface area (Å²) in [6.45, 7) is 3.72. The van der Waals surface area contributed by atoms with Gasteiger partial charge in [-0.05, 0) is 47.9 Å². The molecule has 0 spiro atoms. The number of ether oxygens (including phenoxy) is 1. The van der Waals surface area contributed by atoms with Gasteiger partial charge in [0, 0.05) is 11.6 Å². The number of amides is 1. The van der Waals surface area contributed by atoms with Crippen LogP contribution in [0.4, 0.5) is 13.2 Å². The maximum absolute atomic E-state index is 12.8. The average Bonchev–Trinajstić information content (AvgIpc) is 3.17. The number of nitrogens with one attached hydrogen (secondary N) is 1. The summed E-state index contributed by atoms with van der Waals surface area (Å²) in [5.41, 5.74) is 2.13. The van der Waals surface area contributed by atoms with Gasteiger partial charge in [0.25, 0.3) is 5.91 Å². The number of alkyl halides is 3. The first-order chi connectivity index (χ1) is 15.0. The van der Waals surface area contributed by atoms with E-state index in [2.05, 4.69) is 15.2 Å². The van der Waals surface area contributed by atoms with E-state index in [1.807, 2.05) is 13.8 Å². The Kier molecular flexibility index (Phi) is 7.10. The Morgan fingerprint density at radius 3 is 2.34 bits per heavy atom. The highest BCUT2D eigenvalue weighted by atomic mass is 35.5. The van der Waals surface area contributed by atoms with Crippen molar-refractivity contribution < 1.29 is 27.8 Å². The van der Waals surface area contributed by atoms with Crippen molar-refractivity contribution >= 4 is 17.5 Å². The van der Waals surface area contributed by atoms with Crippen molar-refractivity contribution in [1.29, 1.82) is 0 Å². The topological polar surface area (TPSA) is 76.4 Å². The number of aromatic nitrogens is 2. The van der Waals surface area contributed by atoms with Crippen LogP contribution in [0.3, 0.4) is 0 Å². The van der Waals surface area contributed by atoms with E-state index in [0.717, 1.165) is 17.8 Å². The van der Waals surface area contributed by atoms with Crippen LogP contribution in [0.2, 0.25) is 5.02 Å². The molecule has 10 heteroatoms. The molecular weight excluding hydrogens is 447 g/mol. The minimum Gasteiger partial charge on any atom is -0.406 e. The molecule has 1 amide bonds. The van der Waals surface area contributed by atoms with E-state index in [-0.39, 0.29) is 12.5 Å². The molecule has 0 bridgehead atoms. The van der Waals surface area contributed by atoms with Gasteiger partial charge in [0.1, 0.15) is 5.75 Å². The lowest BCUT2D eigenvalue weighted by Gasteiger charge is -2.15. The number of rotatable bonds is 7. The predicted octanol–water partition coefficient (Wildman–Crippen LogP) is 5.01. The second-order valence-corrected chi connectivity index (χ2v) is 7.77. The van der Waals surface area contributed by atoms with Crippen molar-refractivity contribution in [2.24, 2.45) is 0 Å². The molecule has 1 aromatic heterocycles. The van der Waals surface area contributed by atoms with Crippen LogP contribution < -0.4 is 10.1 Å². The van der Waals surface area contributed by atoms with Crippen molar-refractivity contribution in [3.63, 3.8) is 0 Å². The average molecular weight is 468 g/mol. The van der Waals surface area contributed by atoms with Crippen molar-refractivity contribution in [2.45, 2.75) is 32.2 Å². The summed E-state index contributed by atoms with van der Waals surface area (Å²) in [4.78, 5) is 12.8. The molecule has 1 heterocycles. The molecule has 1 atom stereocenters. The second kappa shape index (κ2) is 9.62. The van der Waals surface area contributed by atoms with Gasteiger partial charge in [-0.1, -0.05) is 37.6 Å². The SMILES string of the molecule is CC(C)c1c(C(=O)NCC(O)c2ccc(OC(F)(F)F)cc2)cnn1-c1ccc(Cl)cc1. The first-order valence-corrected chi connectivity index (χ1v) is 10.1. The summed E-state index contributed by atoms with van der Waals surface area (Å²) in [5, 5.41) is 17.9. The highest BCUT2D eigenvalue weighted by Crippen LogP contribution is 2.26. The Morgan fingerprint density at radius 2 is 1.78 bits per heavy atom. The Bertz CT molecular complexity index is 1060. The number of aliphatic hydroxyl groups excluding tert-OH is 1. The van der Waals surface area contributed by atoms with Crippen LogP contribution in [0.1, 0.15) is 47.5 Å². The van der Waals surface area contributed by atoms with Gasteiger partial charge in [0.15, 0.2) is 0 Å². The van der Waals surface area contributed by atoms with Gasteiger partial charge in [-0.3, -0.25) is 4.79 Å². The minimum atomic E-state index is -4.79. The number of hydrogen-bond donors (Lipinski definition) is 2. The lowest BCUT2D eigenvalue weighted by Crippen LogP contribution is -2.29. The molecule has 0 fully saturated rings. The minimum absolute atomic E-state index is 0.0278. The Hall–Kier alpha value is -3.04. The van der Waals surface area contributed by atoms with E-state index in [1.54, 1.807) is 28.9 Å². The van der Waals surface area contributed by atoms with Crippen LogP contribution in [0.25, 0.3) is 5.69 Å². The summed E-state index contributed by atoms with van der Waals surface area (Å²) < 4.78 is 42.2. The zero-order valence-corrected chi connectivity index (χ0v) is 18.0. The lowest BCUT2D eigenvalue weighted by atomic mass is 10.0. The molecule has 6 nitrogen and oxygen atoms in total. The maximum Gasteiger partial charge on any atom is 0.573 e. The van der Waals surface area contributed by atoms with E-state index in [4.69, 9.17) is 11.6 Å². The molecule has 2 N–H and O–H groups in total. The van der Waals surface area contributed by atoms with Crippen LogP contribution >= 0.6 is 11.6 Å². The number of carbonyl (C=O) groups excluding carboxylic acids is 1. The highest BCUT2D eigenvalue weighted by molar-refractivity contribution is 6.30. The fourth-order valence-electron chi connectivity index (χ4n) is 3.17. The molecule has 0 radical (unpaired) electrons. The number of hydrogen-bond acceptors (Lipinski definition) is 4. The third kappa shape index (κ3) is 5.80. The van der Waals surface area contributed by atoms with E-state index < -0.39 is 24.1 Å². The Morgan fingerprint density at radius 1 is 1.16 bits per heavy atom. The largest absolute Gasteiger partial charge is 0.573 e. The van der Waals surface area contributed by atoms with Crippen LogP contribution in [0, 0.1) is 0 Å². The quantitative estimate of drug-likeness (QED) is 0.512. The fraction of sp³-hybridized carbons (Fsp3) is 0.273. The predicted molar refractivity (Wildman–Crippen MR) is 113 cm³/mol. The number of nitrogens with zero attached hydrogens (tertiary/aromatic N) is 2. The smallest absolute Gasteiger partial charge is 0.406 e. The van der Waals surface area contributed by atoms with Gasteiger partial charge in [-0.2, -0.15) is 5.10 Å². The van der Waals surface area contributed by atoms with Crippen molar-refractivity contribution in [1.82, 2.24) is 15.1 Å². The van der Waals surface area contributed by atoms with Gasteiger partial charge in [0.2, 0.25) is 0 Å². The summed E-state index contributed by atoms with van der Waals surface area (Å²) >= 11 is 5.94. The van der Waals surface area contributed by atoms with Crippen LogP contribution in [0.15, 0.2) is 54.7 Å². The van der Waals surface area contributed by atoms with E-state index >= 15 is 0 Å². The summed E-state index contributed by atoms with van der Waals surface area (Å²) in [7, 11) is 0. The molecule has 3 aromatic rings. The molecule has 170 valence electrons. The standard InChI is InChI=1S/C22H21ClF3N3O3/c1-13(2)20-18(11-28-29(20)16-7-5-15(23)6-8-16)21(31)27-12-19(30)14-3-9-17(10-4-14)32-22(24,25)26/h3-11,13,19,30H,12H2,1-2H3,(H,27,31). The summed E-state index contributed by atoms with van der Waals surface area (Å²) in [6, 6.07) is 11.8. The fourth-order valence-corrected chi connectivity index (χ4v) is 3.30. The third-order valence-corrected chi connectivity index (χ3v) is 4.88. The van der Waals surface area contributed by atoms with E-state index in [9.17, 15) is 23.1 Å². The third-order valence-electron chi connectivity index (χ3n) is 4.62. The van der Waals surface area contributed by atoms with Crippen molar-refractivity contribution in [3.8, 4) is 11.4 Å². The first kappa shape index (κ1) is 23.6. The van der Waals surface area contributed by atoms with E-state index in [0.29, 0.717) is 21.8 Å². The Balaban J connectivity index is 1.70. The van der Waals surface area contributed by atoms with Gasteiger partial charge in [-0.25, -0.2) is 4.68 Å². The van der Waals surface area contributed by atoms with Crippen LogP contribution in [-0.2, 0) is 0 Å². The summed E-state index contributed by atoms with van der Waals surface area (Å²) in [6.07, 6.45) is -4.46. The lowest BCUT2D eigenvalue weighted by molar-refractivity contribution is -0.274. The molecule has 1 unspecified atom stereocenters. The molecule has 0 aliphatic carbocycles. The molecule has 0 saturated heterocycles. The van der Waals surface area contributed by atoms with Gasteiger partial charge < -0.3 is 15.2 Å². The molecule has 32 heavy (non-hydrogen) atoms. The van der Waals surface area contributed by atoms with Crippen LogP contribution in [-0.4, -0.2) is 33.7 Å². The maximum atomic E-state index is 12.8. The zero-order chi connectivity index (χ0) is 23.5. The molecule has 3 rings (SSSR count). The number of halogens is 4. The monoisotopic (exact) mass is 467 g/mol. The molecular formula is C22H21ClF3N3O3. The molecule has 0 aliphatic rings. The number of benzene rings is 2. The first-order valence-electron chi connectivity index (χ1n) is 9.71. The highest BCUT2D eigenvalue weighted by Gasteiger charge is 2.31. The Labute approximate surface area is 187 Å². The van der Waals surface area contributed by atoms with Gasteiger partial charge >= 0.3 is 6.36 Å². The van der Waals surface area contributed by atoms with Gasteiger partial charge in [-0.15, -0.1) is 13.2 Å². The van der Waals surface area contributed by atoms with Crippen LogP contribution in [0.5, 0.6) is 5.75 Å². The number of carbonyl (C=O) groups is 1.